The summed E-state index contributed by atoms with van der Waals surface area (Å²) < 4.78 is 7.56. The first-order valence-corrected chi connectivity index (χ1v) is 9.71. The lowest BCUT2D eigenvalue weighted by molar-refractivity contribution is 0.533. The molecule has 0 fully saturated rings. The number of imidazole rings is 1. The summed E-state index contributed by atoms with van der Waals surface area (Å²) in [5.41, 5.74) is 5.00. The van der Waals surface area contributed by atoms with E-state index in [4.69, 9.17) is 4.42 Å². The number of rotatable bonds is 5. The molecular weight excluding hydrogens is 364 g/mol. The molecule has 3 heterocycles. The Hall–Kier alpha value is -3.25. The van der Waals surface area contributed by atoms with Gasteiger partial charge in [0.05, 0.1) is 16.8 Å². The summed E-state index contributed by atoms with van der Waals surface area (Å²) in [6.45, 7) is 6.76. The van der Waals surface area contributed by atoms with Crippen molar-refractivity contribution >= 4 is 22.0 Å². The zero-order chi connectivity index (χ0) is 20.5. The first-order valence-electron chi connectivity index (χ1n) is 9.71. The summed E-state index contributed by atoms with van der Waals surface area (Å²) in [5.74, 6) is 0.456. The van der Waals surface area contributed by atoms with Crippen LogP contribution >= 0.6 is 0 Å². The number of aromatic nitrogens is 3. The molecule has 6 nitrogen and oxygen atoms in total. The predicted molar refractivity (Wildman–Crippen MR) is 116 cm³/mol. The lowest BCUT2D eigenvalue weighted by atomic mass is 9.99. The molecule has 148 valence electrons. The number of hydrogen-bond acceptors (Lipinski definition) is 5. The molecule has 0 saturated carbocycles. The van der Waals surface area contributed by atoms with Crippen molar-refractivity contribution in [2.24, 2.45) is 0 Å². The van der Waals surface area contributed by atoms with Crippen molar-refractivity contribution in [3.8, 4) is 11.5 Å². The molecule has 0 aliphatic carbocycles. The maximum absolute atomic E-state index is 12.7. The molecule has 4 rings (SSSR count). The van der Waals surface area contributed by atoms with Crippen LogP contribution in [-0.2, 0) is 0 Å². The molecule has 0 saturated heterocycles. The number of fused-ring (bicyclic) bond motifs is 2. The van der Waals surface area contributed by atoms with E-state index in [0.29, 0.717) is 16.8 Å². The molecule has 0 unspecified atom stereocenters. The molecule has 3 aromatic heterocycles. The highest BCUT2D eigenvalue weighted by atomic mass is 16.4. The Morgan fingerprint density at radius 3 is 2.79 bits per heavy atom. The Balaban J connectivity index is 1.79. The van der Waals surface area contributed by atoms with Crippen molar-refractivity contribution in [2.45, 2.75) is 27.2 Å². The number of aryl methyl sites for hydroxylation is 2. The van der Waals surface area contributed by atoms with Crippen LogP contribution in [0.5, 0.6) is 0 Å². The van der Waals surface area contributed by atoms with Crippen LogP contribution in [0.4, 0.5) is 0 Å². The second-order valence-corrected chi connectivity index (χ2v) is 7.19. The van der Waals surface area contributed by atoms with Gasteiger partial charge in [0.15, 0.2) is 11.4 Å². The highest BCUT2D eigenvalue weighted by Crippen LogP contribution is 2.26. The molecule has 0 atom stereocenters. The van der Waals surface area contributed by atoms with Crippen LogP contribution in [0, 0.1) is 13.8 Å². The fourth-order valence-corrected chi connectivity index (χ4v) is 3.65. The van der Waals surface area contributed by atoms with Crippen LogP contribution in [0.25, 0.3) is 33.4 Å². The highest BCUT2D eigenvalue weighted by Gasteiger charge is 2.13. The van der Waals surface area contributed by atoms with Gasteiger partial charge >= 0.3 is 5.63 Å². The molecule has 1 aromatic carbocycles. The Kier molecular flexibility index (Phi) is 5.03. The number of hydrogen-bond donors (Lipinski definition) is 1. The van der Waals surface area contributed by atoms with Crippen LogP contribution in [0.1, 0.15) is 30.3 Å². The quantitative estimate of drug-likeness (QED) is 0.556. The molecule has 0 aliphatic rings. The maximum atomic E-state index is 12.7. The third-order valence-corrected chi connectivity index (χ3v) is 5.10. The summed E-state index contributed by atoms with van der Waals surface area (Å²) >= 11 is 0. The third-order valence-electron chi connectivity index (χ3n) is 5.10. The number of benzene rings is 1. The molecule has 0 spiro atoms. The lowest BCUT2D eigenvalue weighted by Gasteiger charge is -2.08. The van der Waals surface area contributed by atoms with E-state index in [1.807, 2.05) is 62.8 Å². The van der Waals surface area contributed by atoms with E-state index in [0.717, 1.165) is 41.0 Å². The van der Waals surface area contributed by atoms with E-state index >= 15 is 0 Å². The normalized spacial score (nSPS) is 12.2. The van der Waals surface area contributed by atoms with Crippen LogP contribution < -0.4 is 10.9 Å². The van der Waals surface area contributed by atoms with E-state index in [-0.39, 0.29) is 5.63 Å². The summed E-state index contributed by atoms with van der Waals surface area (Å²) in [6.07, 6.45) is 6.76. The van der Waals surface area contributed by atoms with Crippen molar-refractivity contribution in [3.05, 3.63) is 70.1 Å². The smallest absolute Gasteiger partial charge is 0.344 e. The summed E-state index contributed by atoms with van der Waals surface area (Å²) in [6, 6.07) is 7.82. The minimum absolute atomic E-state index is 0.355. The Bertz CT molecular complexity index is 1300. The summed E-state index contributed by atoms with van der Waals surface area (Å²) in [4.78, 5) is 21.8. The van der Waals surface area contributed by atoms with E-state index in [2.05, 4.69) is 27.4 Å². The van der Waals surface area contributed by atoms with Crippen LogP contribution in [-0.4, -0.2) is 28.0 Å². The highest BCUT2D eigenvalue weighted by molar-refractivity contribution is 5.87. The number of nitrogens with one attached hydrogen (secondary N) is 1. The zero-order valence-corrected chi connectivity index (χ0v) is 17.1. The molecule has 0 amide bonds. The van der Waals surface area contributed by atoms with Gasteiger partial charge in [-0.3, -0.25) is 4.98 Å². The second kappa shape index (κ2) is 7.64. The van der Waals surface area contributed by atoms with E-state index < -0.39 is 0 Å². The fraction of sp³-hybridized carbons (Fsp3) is 0.261. The van der Waals surface area contributed by atoms with Gasteiger partial charge in [-0.25, -0.2) is 9.78 Å². The van der Waals surface area contributed by atoms with Gasteiger partial charge in [0.2, 0.25) is 0 Å². The molecule has 4 aromatic rings. The first kappa shape index (κ1) is 19.1. The Morgan fingerprint density at radius 2 is 2.03 bits per heavy atom. The third kappa shape index (κ3) is 3.59. The average Bonchev–Trinajstić information content (AvgIpc) is 3.13. The van der Waals surface area contributed by atoms with Gasteiger partial charge in [-0.15, -0.1) is 0 Å². The van der Waals surface area contributed by atoms with Gasteiger partial charge in [0.25, 0.3) is 0 Å². The molecule has 1 N–H and O–H groups in total. The molecule has 0 bridgehead atoms. The Labute approximate surface area is 168 Å². The average molecular weight is 388 g/mol. The van der Waals surface area contributed by atoms with Crippen LogP contribution in [0.15, 0.2) is 51.9 Å². The van der Waals surface area contributed by atoms with Gasteiger partial charge in [-0.2, -0.15) is 0 Å². The topological polar surface area (TPSA) is 72.4 Å². The minimum Gasteiger partial charge on any atom is -0.421 e. The van der Waals surface area contributed by atoms with Gasteiger partial charge < -0.3 is 14.1 Å². The van der Waals surface area contributed by atoms with Crippen molar-refractivity contribution in [1.29, 1.82) is 0 Å². The largest absolute Gasteiger partial charge is 0.421 e. The molecule has 0 aliphatic heterocycles. The zero-order valence-electron chi connectivity index (χ0n) is 17.1. The lowest BCUT2D eigenvalue weighted by Crippen LogP contribution is -2.08. The van der Waals surface area contributed by atoms with Gasteiger partial charge in [-0.1, -0.05) is 18.2 Å². The standard InChI is InChI=1S/C23H24N4O2/c1-5-16(8-9-24-4)17-6-7-18-11-21(29-23(28)19(18)10-17)20-13-27-12-14(2)25-15(3)22(27)26-20/h5-7,10-13,24H,8-9H2,1-4H3/b16-5+. The molecule has 0 radical (unpaired) electrons. The summed E-state index contributed by atoms with van der Waals surface area (Å²) in [5, 5.41) is 4.58. The van der Waals surface area contributed by atoms with Crippen LogP contribution in [0.2, 0.25) is 0 Å². The Morgan fingerprint density at radius 1 is 1.21 bits per heavy atom. The fourth-order valence-electron chi connectivity index (χ4n) is 3.65. The van der Waals surface area contributed by atoms with E-state index in [1.54, 1.807) is 0 Å². The minimum atomic E-state index is -0.355. The maximum Gasteiger partial charge on any atom is 0.344 e. The van der Waals surface area contributed by atoms with Crippen molar-refractivity contribution in [1.82, 2.24) is 19.7 Å². The number of allylic oxidation sites excluding steroid dienone is 1. The van der Waals surface area contributed by atoms with Crippen molar-refractivity contribution in [2.75, 3.05) is 13.6 Å². The van der Waals surface area contributed by atoms with Gasteiger partial charge in [0, 0.05) is 12.4 Å². The molecule has 29 heavy (non-hydrogen) atoms. The van der Waals surface area contributed by atoms with Crippen LogP contribution in [0.3, 0.4) is 0 Å². The predicted octanol–water partition coefficient (Wildman–Crippen LogP) is 4.13. The number of nitrogens with zero attached hydrogens (tertiary/aromatic N) is 3. The summed E-state index contributed by atoms with van der Waals surface area (Å²) in [7, 11) is 1.93. The van der Waals surface area contributed by atoms with Crippen molar-refractivity contribution < 1.29 is 4.42 Å². The van der Waals surface area contributed by atoms with Gasteiger partial charge in [0.1, 0.15) is 5.69 Å². The SMILES string of the molecule is C/C=C(\CCNC)c1ccc2cc(-c3cn4cc(C)nc(C)c4n3)oc(=O)c2c1. The second-order valence-electron chi connectivity index (χ2n) is 7.19. The molecular formula is C23H24N4O2. The first-order chi connectivity index (χ1) is 14.0. The monoisotopic (exact) mass is 388 g/mol. The van der Waals surface area contributed by atoms with Crippen molar-refractivity contribution in [3.63, 3.8) is 0 Å². The molecule has 6 heteroatoms. The van der Waals surface area contributed by atoms with E-state index in [1.165, 1.54) is 5.57 Å². The van der Waals surface area contributed by atoms with E-state index in [9.17, 15) is 4.79 Å². The van der Waals surface area contributed by atoms with Gasteiger partial charge in [-0.05, 0) is 69.4 Å².